The Balaban J connectivity index is 1.86. The van der Waals surface area contributed by atoms with Gasteiger partial charge in [0.2, 0.25) is 0 Å². The third-order valence-corrected chi connectivity index (χ3v) is 2.96. The van der Waals surface area contributed by atoms with E-state index in [4.69, 9.17) is 0 Å². The minimum Gasteiger partial charge on any atom is -0.373 e. The van der Waals surface area contributed by atoms with E-state index >= 15 is 0 Å². The van der Waals surface area contributed by atoms with Gasteiger partial charge < -0.3 is 4.90 Å². The highest BCUT2D eigenvalue weighted by Crippen LogP contribution is 2.40. The van der Waals surface area contributed by atoms with Crippen molar-refractivity contribution in [2.24, 2.45) is 5.41 Å². The zero-order valence-electron chi connectivity index (χ0n) is 7.71. The minimum atomic E-state index is 0.601. The highest BCUT2D eigenvalue weighted by Gasteiger charge is 2.32. The van der Waals surface area contributed by atoms with E-state index in [1.165, 1.54) is 25.8 Å². The van der Waals surface area contributed by atoms with Crippen LogP contribution in [0, 0.1) is 11.5 Å². The molecule has 65 valence electrons. The van der Waals surface area contributed by atoms with Crippen molar-refractivity contribution in [2.75, 3.05) is 13.1 Å². The van der Waals surface area contributed by atoms with Crippen molar-refractivity contribution in [3.05, 3.63) is 24.4 Å². The fraction of sp³-hybridized carbons (Fsp3) is 0.636. The lowest BCUT2D eigenvalue weighted by Crippen LogP contribution is -2.38. The van der Waals surface area contributed by atoms with E-state index in [2.05, 4.69) is 30.2 Å². The van der Waals surface area contributed by atoms with Gasteiger partial charge in [-0.05, 0) is 24.3 Å². The lowest BCUT2D eigenvalue weighted by molar-refractivity contribution is 0.114. The van der Waals surface area contributed by atoms with E-state index in [-0.39, 0.29) is 0 Å². The normalized spacial score (nSPS) is 25.6. The van der Waals surface area contributed by atoms with E-state index in [0.717, 1.165) is 6.54 Å². The summed E-state index contributed by atoms with van der Waals surface area (Å²) in [6.45, 7) is 4.68. The Labute approximate surface area is 74.8 Å². The number of hydrogen-bond donors (Lipinski definition) is 0. The van der Waals surface area contributed by atoms with Gasteiger partial charge in [-0.1, -0.05) is 25.5 Å². The van der Waals surface area contributed by atoms with E-state index < -0.39 is 0 Å². The van der Waals surface area contributed by atoms with Crippen molar-refractivity contribution in [3.8, 4) is 0 Å². The van der Waals surface area contributed by atoms with Crippen LogP contribution >= 0.6 is 0 Å². The summed E-state index contributed by atoms with van der Waals surface area (Å²) in [4.78, 5) is 2.36. The zero-order chi connectivity index (χ0) is 8.44. The Hall–Kier alpha value is -0.720. The molecule has 2 rings (SSSR count). The molecule has 0 bridgehead atoms. The van der Waals surface area contributed by atoms with Crippen molar-refractivity contribution in [2.45, 2.75) is 26.2 Å². The van der Waals surface area contributed by atoms with Crippen LogP contribution in [-0.4, -0.2) is 18.0 Å². The van der Waals surface area contributed by atoms with E-state index in [9.17, 15) is 0 Å². The van der Waals surface area contributed by atoms with Crippen LogP contribution in [0.3, 0.4) is 0 Å². The fourth-order valence-corrected chi connectivity index (χ4v) is 2.00. The Morgan fingerprint density at radius 1 is 1.50 bits per heavy atom. The fourth-order valence-electron chi connectivity index (χ4n) is 2.00. The second-order valence-electron chi connectivity index (χ2n) is 4.29. The van der Waals surface area contributed by atoms with Gasteiger partial charge in [0, 0.05) is 19.3 Å². The molecule has 0 N–H and O–H groups in total. The molecule has 0 aromatic carbocycles. The second kappa shape index (κ2) is 2.96. The first-order valence-corrected chi connectivity index (χ1v) is 4.77. The molecule has 1 fully saturated rings. The SMILES string of the molecule is CC1(CN2C=[C]C=CC2)CCC1. The summed E-state index contributed by atoms with van der Waals surface area (Å²) < 4.78 is 0. The van der Waals surface area contributed by atoms with Gasteiger partial charge in [-0.3, -0.25) is 0 Å². The summed E-state index contributed by atoms with van der Waals surface area (Å²) in [6.07, 6.45) is 13.6. The van der Waals surface area contributed by atoms with Gasteiger partial charge in [-0.25, -0.2) is 0 Å². The topological polar surface area (TPSA) is 3.24 Å². The molecule has 1 aliphatic carbocycles. The Morgan fingerprint density at radius 2 is 2.33 bits per heavy atom. The quantitative estimate of drug-likeness (QED) is 0.602. The summed E-state index contributed by atoms with van der Waals surface area (Å²) in [5, 5.41) is 0. The maximum atomic E-state index is 3.13. The molecule has 1 saturated carbocycles. The zero-order valence-corrected chi connectivity index (χ0v) is 7.71. The number of nitrogens with zero attached hydrogens (tertiary/aromatic N) is 1. The minimum absolute atomic E-state index is 0.601. The third kappa shape index (κ3) is 1.55. The predicted octanol–water partition coefficient (Wildman–Crippen LogP) is 2.37. The molecular formula is C11H16N. The molecule has 0 aromatic rings. The first kappa shape index (κ1) is 7.90. The average Bonchev–Trinajstić information content (AvgIpc) is 2.04. The van der Waals surface area contributed by atoms with Crippen molar-refractivity contribution >= 4 is 0 Å². The molecule has 2 aliphatic rings. The van der Waals surface area contributed by atoms with Crippen LogP contribution in [0.25, 0.3) is 0 Å². The highest BCUT2D eigenvalue weighted by atomic mass is 15.1. The summed E-state index contributed by atoms with van der Waals surface area (Å²) in [5.41, 5.74) is 0.601. The molecule has 12 heavy (non-hydrogen) atoms. The van der Waals surface area contributed by atoms with E-state index in [1.807, 2.05) is 6.08 Å². The van der Waals surface area contributed by atoms with Crippen LogP contribution in [0.15, 0.2) is 18.4 Å². The smallest absolute Gasteiger partial charge is 0.0357 e. The summed E-state index contributed by atoms with van der Waals surface area (Å²) in [5.74, 6) is 0. The maximum Gasteiger partial charge on any atom is 0.0357 e. The second-order valence-corrected chi connectivity index (χ2v) is 4.29. The molecule has 1 radical (unpaired) electrons. The largest absolute Gasteiger partial charge is 0.373 e. The molecule has 1 aliphatic heterocycles. The Kier molecular flexibility index (Phi) is 1.95. The molecule has 0 aromatic heterocycles. The first-order valence-electron chi connectivity index (χ1n) is 4.77. The highest BCUT2D eigenvalue weighted by molar-refractivity contribution is 5.04. The number of rotatable bonds is 2. The monoisotopic (exact) mass is 162 g/mol. The van der Waals surface area contributed by atoms with Crippen LogP contribution in [0.5, 0.6) is 0 Å². The van der Waals surface area contributed by atoms with Crippen molar-refractivity contribution < 1.29 is 0 Å². The molecular weight excluding hydrogens is 146 g/mol. The molecule has 1 nitrogen and oxygen atoms in total. The Bertz CT molecular complexity index is 211. The standard InChI is InChI=1S/C11H16N/c1-11(6-5-7-11)10-12-8-3-2-4-9-12/h2-3,9H,5-8,10H2,1H3. The van der Waals surface area contributed by atoms with Crippen molar-refractivity contribution in [1.82, 2.24) is 4.90 Å². The van der Waals surface area contributed by atoms with Gasteiger partial charge >= 0.3 is 0 Å². The third-order valence-electron chi connectivity index (χ3n) is 2.96. The van der Waals surface area contributed by atoms with E-state index in [0.29, 0.717) is 5.41 Å². The molecule has 0 atom stereocenters. The summed E-state index contributed by atoms with van der Waals surface area (Å²) >= 11 is 0. The van der Waals surface area contributed by atoms with Crippen LogP contribution in [0.4, 0.5) is 0 Å². The Morgan fingerprint density at radius 3 is 2.83 bits per heavy atom. The van der Waals surface area contributed by atoms with Crippen LogP contribution in [0.1, 0.15) is 26.2 Å². The lowest BCUT2D eigenvalue weighted by atomic mass is 9.70. The molecule has 0 spiro atoms. The molecule has 0 saturated heterocycles. The molecule has 1 heteroatoms. The van der Waals surface area contributed by atoms with Crippen LogP contribution in [0.2, 0.25) is 0 Å². The van der Waals surface area contributed by atoms with Crippen LogP contribution in [-0.2, 0) is 0 Å². The van der Waals surface area contributed by atoms with Gasteiger partial charge in [-0.15, -0.1) is 0 Å². The molecule has 0 amide bonds. The van der Waals surface area contributed by atoms with E-state index in [1.54, 1.807) is 0 Å². The summed E-state index contributed by atoms with van der Waals surface area (Å²) in [6, 6.07) is 0. The van der Waals surface area contributed by atoms with Gasteiger partial charge in [0.1, 0.15) is 0 Å². The predicted molar refractivity (Wildman–Crippen MR) is 50.5 cm³/mol. The number of allylic oxidation sites excluding steroid dienone is 2. The van der Waals surface area contributed by atoms with Crippen molar-refractivity contribution in [3.63, 3.8) is 0 Å². The molecule has 1 heterocycles. The maximum absolute atomic E-state index is 3.13. The summed E-state index contributed by atoms with van der Waals surface area (Å²) in [7, 11) is 0. The van der Waals surface area contributed by atoms with Gasteiger partial charge in [0.05, 0.1) is 0 Å². The lowest BCUT2D eigenvalue weighted by Gasteiger charge is -2.42. The van der Waals surface area contributed by atoms with Crippen LogP contribution < -0.4 is 0 Å². The number of hydrogen-bond acceptors (Lipinski definition) is 1. The van der Waals surface area contributed by atoms with Gasteiger partial charge in [0.15, 0.2) is 0 Å². The molecule has 0 unspecified atom stereocenters. The first-order chi connectivity index (χ1) is 5.79. The van der Waals surface area contributed by atoms with Gasteiger partial charge in [0.25, 0.3) is 0 Å². The van der Waals surface area contributed by atoms with Gasteiger partial charge in [-0.2, -0.15) is 0 Å². The average molecular weight is 162 g/mol. The van der Waals surface area contributed by atoms with Crippen molar-refractivity contribution in [1.29, 1.82) is 0 Å².